The van der Waals surface area contributed by atoms with Gasteiger partial charge >= 0.3 is 5.97 Å². The molecule has 5 atom stereocenters. The molecule has 0 radical (unpaired) electrons. The summed E-state index contributed by atoms with van der Waals surface area (Å²) >= 11 is 0. The Bertz CT molecular complexity index is 683. The molecule has 1 aromatic carbocycles. The third kappa shape index (κ3) is 5.47. The molecule has 1 aliphatic heterocycles. The summed E-state index contributed by atoms with van der Waals surface area (Å²) in [5.41, 5.74) is 0.464. The van der Waals surface area contributed by atoms with Crippen molar-refractivity contribution in [2.75, 3.05) is 19.6 Å². The van der Waals surface area contributed by atoms with Gasteiger partial charge < -0.3 is 20.2 Å². The second-order valence-electron chi connectivity index (χ2n) is 8.84. The van der Waals surface area contributed by atoms with Crippen LogP contribution in [0.3, 0.4) is 0 Å². The third-order valence-electron chi connectivity index (χ3n) is 6.78. The molecule has 2 bridgehead atoms. The lowest BCUT2D eigenvalue weighted by Gasteiger charge is -2.40. The lowest BCUT2D eigenvalue weighted by Crippen LogP contribution is -2.42. The number of aliphatic hydroxyl groups is 2. The smallest absolute Gasteiger partial charge is 0.332 e. The Morgan fingerprint density at radius 1 is 1.14 bits per heavy atom. The fraction of sp³-hybridized carbons (Fsp3) is 0.625. The van der Waals surface area contributed by atoms with Gasteiger partial charge in [0.2, 0.25) is 0 Å². The van der Waals surface area contributed by atoms with Gasteiger partial charge in [-0.3, -0.25) is 0 Å². The molecule has 29 heavy (non-hydrogen) atoms. The van der Waals surface area contributed by atoms with Gasteiger partial charge in [-0.25, -0.2) is 4.79 Å². The second kappa shape index (κ2) is 9.88. The Balaban J connectivity index is 0.000000353. The minimum Gasteiger partial charge on any atom is -0.479 e. The average Bonchev–Trinajstić information content (AvgIpc) is 3.38. The van der Waals surface area contributed by atoms with Crippen molar-refractivity contribution < 1.29 is 20.1 Å². The molecule has 4 rings (SSSR count). The third-order valence-corrected chi connectivity index (χ3v) is 6.78. The summed E-state index contributed by atoms with van der Waals surface area (Å²) in [6.07, 6.45) is 10.8. The zero-order chi connectivity index (χ0) is 20.9. The van der Waals surface area contributed by atoms with E-state index in [1.807, 2.05) is 0 Å². The molecule has 5 nitrogen and oxygen atoms in total. The number of fused-ring (bicyclic) bond motifs is 2. The van der Waals surface area contributed by atoms with Crippen molar-refractivity contribution in [2.24, 2.45) is 17.8 Å². The van der Waals surface area contributed by atoms with Crippen LogP contribution in [-0.4, -0.2) is 51.9 Å². The number of hydrogen-bond donors (Lipinski definition) is 3. The zero-order valence-corrected chi connectivity index (χ0v) is 17.4. The molecule has 5 heteroatoms. The summed E-state index contributed by atoms with van der Waals surface area (Å²) in [6.45, 7) is 4.65. The number of nitrogens with zero attached hydrogens (tertiary/aromatic N) is 1. The van der Waals surface area contributed by atoms with E-state index < -0.39 is 17.7 Å². The highest BCUT2D eigenvalue weighted by Gasteiger charge is 2.48. The van der Waals surface area contributed by atoms with Gasteiger partial charge in [-0.2, -0.15) is 0 Å². The molecular weight excluding hydrogens is 366 g/mol. The highest BCUT2D eigenvalue weighted by molar-refractivity contribution is 5.71. The van der Waals surface area contributed by atoms with E-state index in [2.05, 4.69) is 47.4 Å². The number of allylic oxidation sites excluding steroid dienone is 2. The molecule has 0 amide bonds. The quantitative estimate of drug-likeness (QED) is 0.637. The van der Waals surface area contributed by atoms with Crippen molar-refractivity contribution in [3.8, 4) is 0 Å². The normalized spacial score (nSPS) is 29.0. The fourth-order valence-corrected chi connectivity index (χ4v) is 5.11. The molecule has 0 aromatic heterocycles. The van der Waals surface area contributed by atoms with Crippen LogP contribution in [0, 0.1) is 17.8 Å². The molecule has 1 aromatic rings. The fourth-order valence-electron chi connectivity index (χ4n) is 5.11. The Labute approximate surface area is 174 Å². The van der Waals surface area contributed by atoms with E-state index in [-0.39, 0.29) is 0 Å². The molecule has 2 aliphatic carbocycles. The molecule has 1 saturated heterocycles. The number of likely N-dealkylation sites (tertiary alicyclic amines) is 1. The molecule has 160 valence electrons. The number of carboxylic acids is 1. The predicted octanol–water partition coefficient (Wildman–Crippen LogP) is 3.41. The summed E-state index contributed by atoms with van der Waals surface area (Å²) < 4.78 is 0. The molecular formula is C24H35NO4. The zero-order valence-electron chi connectivity index (χ0n) is 17.4. The van der Waals surface area contributed by atoms with Crippen LogP contribution in [0.1, 0.15) is 51.0 Å². The first-order valence-electron chi connectivity index (χ1n) is 11.0. The second-order valence-corrected chi connectivity index (χ2v) is 8.84. The first-order valence-corrected chi connectivity index (χ1v) is 11.0. The van der Waals surface area contributed by atoms with E-state index in [1.165, 1.54) is 45.7 Å². The number of carboxylic acid groups (broad SMARTS) is 1. The van der Waals surface area contributed by atoms with Gasteiger partial charge in [-0.05, 0) is 75.4 Å². The average molecular weight is 402 g/mol. The topological polar surface area (TPSA) is 81.0 Å². The van der Waals surface area contributed by atoms with Gasteiger partial charge in [0, 0.05) is 6.54 Å². The van der Waals surface area contributed by atoms with E-state index in [4.69, 9.17) is 10.2 Å². The van der Waals surface area contributed by atoms with Gasteiger partial charge in [-0.1, -0.05) is 48.9 Å². The Hall–Kier alpha value is -1.69. The largest absolute Gasteiger partial charge is 0.479 e. The van der Waals surface area contributed by atoms with E-state index in [1.54, 1.807) is 0 Å². The Morgan fingerprint density at radius 3 is 2.31 bits per heavy atom. The molecule has 0 spiro atoms. The summed E-state index contributed by atoms with van der Waals surface area (Å²) in [6, 6.07) is 10.5. The van der Waals surface area contributed by atoms with Crippen LogP contribution >= 0.6 is 0 Å². The van der Waals surface area contributed by atoms with Crippen molar-refractivity contribution in [3.63, 3.8) is 0 Å². The molecule has 5 unspecified atom stereocenters. The van der Waals surface area contributed by atoms with Crippen LogP contribution in [0.5, 0.6) is 0 Å². The number of aliphatic carboxylic acids is 1. The van der Waals surface area contributed by atoms with Crippen LogP contribution < -0.4 is 0 Å². The van der Waals surface area contributed by atoms with Gasteiger partial charge in [0.05, 0.1) is 5.60 Å². The molecule has 2 fully saturated rings. The maximum absolute atomic E-state index is 11.8. The Kier molecular flexibility index (Phi) is 7.49. The van der Waals surface area contributed by atoms with Gasteiger partial charge in [0.1, 0.15) is 6.10 Å². The summed E-state index contributed by atoms with van der Waals surface area (Å²) in [4.78, 5) is 12.0. The minimum absolute atomic E-state index is 0.393. The summed E-state index contributed by atoms with van der Waals surface area (Å²) in [7, 11) is 0. The number of hydrogen-bond acceptors (Lipinski definition) is 4. The van der Waals surface area contributed by atoms with E-state index >= 15 is 0 Å². The van der Waals surface area contributed by atoms with E-state index in [0.717, 1.165) is 24.9 Å². The maximum Gasteiger partial charge on any atom is 0.332 e. The van der Waals surface area contributed by atoms with Crippen LogP contribution in [0.15, 0.2) is 42.5 Å². The first kappa shape index (κ1) is 22.0. The highest BCUT2D eigenvalue weighted by Crippen LogP contribution is 2.52. The molecule has 3 aliphatic rings. The maximum atomic E-state index is 11.8. The lowest BCUT2D eigenvalue weighted by atomic mass is 9.72. The molecule has 1 heterocycles. The van der Waals surface area contributed by atoms with E-state index in [9.17, 15) is 9.90 Å². The highest BCUT2D eigenvalue weighted by atomic mass is 16.4. The van der Waals surface area contributed by atoms with Crippen molar-refractivity contribution in [2.45, 2.75) is 57.2 Å². The monoisotopic (exact) mass is 401 g/mol. The SMILES string of the molecule is CC(O)C(=O)O.OC(CCN1CCCCC1)(c1ccccc1)C1CC2C=CC1C2. The lowest BCUT2D eigenvalue weighted by molar-refractivity contribution is -0.145. The number of aliphatic hydroxyl groups excluding tert-OH is 1. The summed E-state index contributed by atoms with van der Waals surface area (Å²) in [5.74, 6) is 0.487. The van der Waals surface area contributed by atoms with E-state index in [0.29, 0.717) is 17.8 Å². The van der Waals surface area contributed by atoms with Gasteiger partial charge in [0.25, 0.3) is 0 Å². The van der Waals surface area contributed by atoms with Crippen molar-refractivity contribution in [3.05, 3.63) is 48.0 Å². The number of carbonyl (C=O) groups is 1. The van der Waals surface area contributed by atoms with Gasteiger partial charge in [-0.15, -0.1) is 0 Å². The van der Waals surface area contributed by atoms with Crippen molar-refractivity contribution >= 4 is 5.97 Å². The number of benzene rings is 1. The number of piperidine rings is 1. The van der Waals surface area contributed by atoms with Crippen molar-refractivity contribution in [1.82, 2.24) is 4.90 Å². The standard InChI is InChI=1S/C21H29NO.C3H6O3/c23-21(19-7-3-1-4-8-19,11-14-22-12-5-2-6-13-22)20-16-17-9-10-18(20)15-17;1-2(4)3(5)6/h1,3-4,7-10,17-18,20,23H,2,5-6,11-16H2;2,4H,1H3,(H,5,6). The van der Waals surface area contributed by atoms with Crippen LogP contribution in [0.2, 0.25) is 0 Å². The van der Waals surface area contributed by atoms with Crippen LogP contribution in [0.25, 0.3) is 0 Å². The van der Waals surface area contributed by atoms with Crippen molar-refractivity contribution in [1.29, 1.82) is 0 Å². The Morgan fingerprint density at radius 2 is 1.79 bits per heavy atom. The summed E-state index contributed by atoms with van der Waals surface area (Å²) in [5, 5.41) is 27.5. The first-order chi connectivity index (χ1) is 13.9. The van der Waals surface area contributed by atoms with Gasteiger partial charge in [0.15, 0.2) is 0 Å². The van der Waals surface area contributed by atoms with Crippen LogP contribution in [-0.2, 0) is 10.4 Å². The number of rotatable bonds is 6. The minimum atomic E-state index is -1.23. The molecule has 3 N–H and O–H groups in total. The predicted molar refractivity (Wildman–Crippen MR) is 113 cm³/mol. The molecule has 1 saturated carbocycles. The van der Waals surface area contributed by atoms with Crippen LogP contribution in [0.4, 0.5) is 0 Å².